The second-order valence-electron chi connectivity index (χ2n) is 6.30. The van der Waals surface area contributed by atoms with Crippen LogP contribution < -0.4 is 5.32 Å². The maximum atomic E-state index is 12.6. The van der Waals surface area contributed by atoms with Crippen molar-refractivity contribution in [2.75, 3.05) is 6.54 Å². The van der Waals surface area contributed by atoms with Crippen LogP contribution in [0.25, 0.3) is 10.9 Å². The monoisotopic (exact) mass is 364 g/mol. The lowest BCUT2D eigenvalue weighted by atomic mass is 10.1. The van der Waals surface area contributed by atoms with E-state index < -0.39 is 12.1 Å². The summed E-state index contributed by atoms with van der Waals surface area (Å²) < 4.78 is 5.18. The molecule has 138 valence electrons. The summed E-state index contributed by atoms with van der Waals surface area (Å²) in [7, 11) is 0. The second kappa shape index (κ2) is 7.86. The summed E-state index contributed by atoms with van der Waals surface area (Å²) in [6, 6.07) is 14.4. The fourth-order valence-corrected chi connectivity index (χ4v) is 2.83. The molecule has 6 heteroatoms. The molecule has 2 N–H and O–H groups in total. The van der Waals surface area contributed by atoms with E-state index in [1.54, 1.807) is 24.4 Å². The smallest absolute Gasteiger partial charge is 0.326 e. The number of carbonyl (C=O) groups is 3. The Hall–Kier alpha value is -3.41. The summed E-state index contributed by atoms with van der Waals surface area (Å²) in [4.78, 5) is 39.7. The zero-order chi connectivity index (χ0) is 19.4. The van der Waals surface area contributed by atoms with E-state index in [1.807, 2.05) is 37.3 Å². The van der Waals surface area contributed by atoms with Crippen molar-refractivity contribution in [3.05, 3.63) is 71.4 Å². The van der Waals surface area contributed by atoms with Crippen molar-refractivity contribution < 1.29 is 19.1 Å². The van der Waals surface area contributed by atoms with Gasteiger partial charge < -0.3 is 15.0 Å². The van der Waals surface area contributed by atoms with Gasteiger partial charge in [-0.2, -0.15) is 0 Å². The van der Waals surface area contributed by atoms with Crippen LogP contribution in [0.5, 0.6) is 0 Å². The van der Waals surface area contributed by atoms with E-state index in [-0.39, 0.29) is 18.2 Å². The number of nitrogens with one attached hydrogen (secondary N) is 2. The molecular formula is C21H20N2O4. The molecule has 6 nitrogen and oxygen atoms in total. The third-order valence-electron chi connectivity index (χ3n) is 4.21. The molecule has 3 rings (SSSR count). The minimum atomic E-state index is -0.951. The summed E-state index contributed by atoms with van der Waals surface area (Å²) in [6.07, 6.45) is 0.657. The lowest BCUT2D eigenvalue weighted by molar-refractivity contribution is -0.145. The highest BCUT2D eigenvalue weighted by atomic mass is 16.5. The van der Waals surface area contributed by atoms with Crippen LogP contribution in [0.2, 0.25) is 0 Å². The van der Waals surface area contributed by atoms with E-state index in [0.717, 1.165) is 16.5 Å². The van der Waals surface area contributed by atoms with Crippen LogP contribution in [0.4, 0.5) is 0 Å². The SMILES string of the molecule is Cc1cccc(C(=O)NCC(=O)OC(C)C(=O)c2c[nH]c3ccccc23)c1. The van der Waals surface area contributed by atoms with Crippen LogP contribution in [0, 0.1) is 6.92 Å². The Labute approximate surface area is 156 Å². The number of hydrogen-bond donors (Lipinski definition) is 2. The first-order valence-corrected chi connectivity index (χ1v) is 8.60. The van der Waals surface area contributed by atoms with Gasteiger partial charge in [0.25, 0.3) is 5.91 Å². The number of esters is 1. The van der Waals surface area contributed by atoms with E-state index in [0.29, 0.717) is 11.1 Å². The largest absolute Gasteiger partial charge is 0.453 e. The molecule has 2 aromatic carbocycles. The van der Waals surface area contributed by atoms with Gasteiger partial charge in [0.2, 0.25) is 5.78 Å². The summed E-state index contributed by atoms with van der Waals surface area (Å²) in [5.41, 5.74) is 2.72. The van der Waals surface area contributed by atoms with E-state index >= 15 is 0 Å². The number of fused-ring (bicyclic) bond motifs is 1. The zero-order valence-electron chi connectivity index (χ0n) is 15.1. The third kappa shape index (κ3) is 4.23. The number of H-pyrrole nitrogens is 1. The molecule has 1 heterocycles. The van der Waals surface area contributed by atoms with Gasteiger partial charge in [-0.15, -0.1) is 0 Å². The van der Waals surface area contributed by atoms with Crippen LogP contribution in [0.3, 0.4) is 0 Å². The summed E-state index contributed by atoms with van der Waals surface area (Å²) in [5, 5.41) is 3.28. The molecule has 1 atom stereocenters. The average molecular weight is 364 g/mol. The Morgan fingerprint density at radius 2 is 1.89 bits per heavy atom. The zero-order valence-corrected chi connectivity index (χ0v) is 15.1. The van der Waals surface area contributed by atoms with Crippen LogP contribution >= 0.6 is 0 Å². The normalized spacial score (nSPS) is 11.8. The predicted octanol–water partition coefficient (Wildman–Crippen LogP) is 3.02. The molecule has 0 aliphatic carbocycles. The van der Waals surface area contributed by atoms with Crippen molar-refractivity contribution in [2.24, 2.45) is 0 Å². The minimum absolute atomic E-state index is 0.300. The third-order valence-corrected chi connectivity index (χ3v) is 4.21. The molecule has 0 saturated carbocycles. The molecule has 0 aliphatic rings. The first-order chi connectivity index (χ1) is 13.0. The number of para-hydroxylation sites is 1. The Kier molecular flexibility index (Phi) is 5.35. The Bertz CT molecular complexity index is 1010. The van der Waals surface area contributed by atoms with Gasteiger partial charge in [-0.1, -0.05) is 35.9 Å². The van der Waals surface area contributed by atoms with Crippen molar-refractivity contribution in [3.63, 3.8) is 0 Å². The van der Waals surface area contributed by atoms with Crippen molar-refractivity contribution in [3.8, 4) is 0 Å². The highest BCUT2D eigenvalue weighted by Gasteiger charge is 2.22. The topological polar surface area (TPSA) is 88.3 Å². The number of ketones is 1. The molecular weight excluding hydrogens is 344 g/mol. The van der Waals surface area contributed by atoms with Crippen molar-refractivity contribution in [1.82, 2.24) is 10.3 Å². The predicted molar refractivity (Wildman–Crippen MR) is 102 cm³/mol. The van der Waals surface area contributed by atoms with Crippen molar-refractivity contribution >= 4 is 28.6 Å². The van der Waals surface area contributed by atoms with Crippen LogP contribution in [-0.4, -0.2) is 35.3 Å². The summed E-state index contributed by atoms with van der Waals surface area (Å²) in [6.45, 7) is 3.09. The number of aromatic amines is 1. The van der Waals surface area contributed by atoms with Crippen LogP contribution in [-0.2, 0) is 9.53 Å². The van der Waals surface area contributed by atoms with Crippen LogP contribution in [0.1, 0.15) is 33.2 Å². The van der Waals surface area contributed by atoms with Gasteiger partial charge in [0.15, 0.2) is 6.10 Å². The molecule has 0 radical (unpaired) electrons. The van der Waals surface area contributed by atoms with E-state index in [2.05, 4.69) is 10.3 Å². The fourth-order valence-electron chi connectivity index (χ4n) is 2.83. The van der Waals surface area contributed by atoms with Crippen molar-refractivity contribution in [1.29, 1.82) is 0 Å². The molecule has 3 aromatic rings. The van der Waals surface area contributed by atoms with Gasteiger partial charge in [-0.25, -0.2) is 0 Å². The molecule has 27 heavy (non-hydrogen) atoms. The van der Waals surface area contributed by atoms with Gasteiger partial charge in [0.1, 0.15) is 6.54 Å². The average Bonchev–Trinajstić information content (AvgIpc) is 3.09. The van der Waals surface area contributed by atoms with E-state index in [4.69, 9.17) is 4.74 Å². The molecule has 0 bridgehead atoms. The minimum Gasteiger partial charge on any atom is -0.453 e. The molecule has 1 unspecified atom stereocenters. The first-order valence-electron chi connectivity index (χ1n) is 8.60. The molecule has 0 aliphatic heterocycles. The molecule has 0 spiro atoms. The highest BCUT2D eigenvalue weighted by Crippen LogP contribution is 2.19. The number of hydrogen-bond acceptors (Lipinski definition) is 4. The molecule has 1 aromatic heterocycles. The van der Waals surface area contributed by atoms with Gasteiger partial charge in [0.05, 0.1) is 0 Å². The maximum absolute atomic E-state index is 12.6. The molecule has 0 saturated heterocycles. The number of aryl methyl sites for hydroxylation is 1. The summed E-state index contributed by atoms with van der Waals surface area (Å²) in [5.74, 6) is -1.34. The lowest BCUT2D eigenvalue weighted by Crippen LogP contribution is -2.34. The van der Waals surface area contributed by atoms with Gasteiger partial charge >= 0.3 is 5.97 Å². The lowest BCUT2D eigenvalue weighted by Gasteiger charge is -2.12. The maximum Gasteiger partial charge on any atom is 0.326 e. The second-order valence-corrected chi connectivity index (χ2v) is 6.30. The number of carbonyl (C=O) groups excluding carboxylic acids is 3. The number of ether oxygens (including phenoxy) is 1. The van der Waals surface area contributed by atoms with E-state index in [1.165, 1.54) is 6.92 Å². The Morgan fingerprint density at radius 1 is 1.11 bits per heavy atom. The van der Waals surface area contributed by atoms with Crippen LogP contribution in [0.15, 0.2) is 54.7 Å². The number of aromatic nitrogens is 1. The van der Waals surface area contributed by atoms with Gasteiger partial charge in [0, 0.05) is 28.2 Å². The van der Waals surface area contributed by atoms with Gasteiger partial charge in [-0.05, 0) is 32.0 Å². The van der Waals surface area contributed by atoms with E-state index in [9.17, 15) is 14.4 Å². The number of Topliss-reactive ketones (excluding diaryl/α,β-unsaturated/α-hetero) is 1. The first kappa shape index (κ1) is 18.4. The Balaban J connectivity index is 1.57. The number of rotatable bonds is 6. The number of benzene rings is 2. The number of amides is 1. The highest BCUT2D eigenvalue weighted by molar-refractivity contribution is 6.10. The molecule has 0 fully saturated rings. The quantitative estimate of drug-likeness (QED) is 0.520. The molecule has 1 amide bonds. The van der Waals surface area contributed by atoms with Gasteiger partial charge in [-0.3, -0.25) is 14.4 Å². The standard InChI is InChI=1S/C21H20N2O4/c1-13-6-5-7-15(10-13)21(26)23-12-19(24)27-14(2)20(25)17-11-22-18-9-4-3-8-16(17)18/h3-11,14,22H,12H2,1-2H3,(H,23,26). The van der Waals surface area contributed by atoms with Crippen molar-refractivity contribution in [2.45, 2.75) is 20.0 Å². The summed E-state index contributed by atoms with van der Waals surface area (Å²) >= 11 is 0. The Morgan fingerprint density at radius 3 is 2.67 bits per heavy atom. The fraction of sp³-hybridized carbons (Fsp3) is 0.190.